The summed E-state index contributed by atoms with van der Waals surface area (Å²) in [7, 11) is -2.14. The van der Waals surface area contributed by atoms with Crippen LogP contribution in [0.5, 0.6) is 0 Å². The smallest absolute Gasteiger partial charge is 0.414 e. The fourth-order valence-electron chi connectivity index (χ4n) is 3.75. The van der Waals surface area contributed by atoms with Crippen LogP contribution in [0.15, 0.2) is 77.8 Å². The standard InChI is InChI=1S/C26H27N3O4S/c1-18-17-23-22(19-11-13-20(14-12-19)28(5)25(30)33-26(2,3)4)15-16-27-24(23)29(18)34(31,32)21-9-7-6-8-10-21/h6-17H,1-5H3. The lowest BCUT2D eigenvalue weighted by Crippen LogP contribution is -2.34. The number of hydrogen-bond donors (Lipinski definition) is 0. The first kappa shape index (κ1) is 23.5. The summed E-state index contributed by atoms with van der Waals surface area (Å²) in [5.74, 6) is 0. The first-order valence-corrected chi connectivity index (χ1v) is 12.3. The maximum atomic E-state index is 13.3. The highest BCUT2D eigenvalue weighted by atomic mass is 32.2. The van der Waals surface area contributed by atoms with E-state index in [1.165, 1.54) is 8.87 Å². The number of rotatable bonds is 4. The number of hydrogen-bond acceptors (Lipinski definition) is 5. The van der Waals surface area contributed by atoms with Crippen molar-refractivity contribution in [1.29, 1.82) is 0 Å². The zero-order valence-corrected chi connectivity index (χ0v) is 20.6. The molecule has 0 aliphatic carbocycles. The number of fused-ring (bicyclic) bond motifs is 1. The van der Waals surface area contributed by atoms with Crippen molar-refractivity contribution in [2.45, 2.75) is 38.2 Å². The molecule has 0 saturated heterocycles. The molecule has 0 radical (unpaired) electrons. The van der Waals surface area contributed by atoms with E-state index in [4.69, 9.17) is 4.74 Å². The second kappa shape index (κ2) is 8.61. The van der Waals surface area contributed by atoms with Crippen LogP contribution in [0.3, 0.4) is 0 Å². The van der Waals surface area contributed by atoms with Crippen LogP contribution in [0.2, 0.25) is 0 Å². The normalized spacial score (nSPS) is 12.0. The van der Waals surface area contributed by atoms with Gasteiger partial charge in [0.25, 0.3) is 10.0 Å². The number of anilines is 1. The third kappa shape index (κ3) is 4.41. The number of carbonyl (C=O) groups is 1. The van der Waals surface area contributed by atoms with Crippen molar-refractivity contribution in [2.24, 2.45) is 0 Å². The number of amides is 1. The van der Waals surface area contributed by atoms with Crippen molar-refractivity contribution < 1.29 is 17.9 Å². The van der Waals surface area contributed by atoms with Crippen LogP contribution in [0.25, 0.3) is 22.2 Å². The molecule has 0 saturated carbocycles. The predicted octanol–water partition coefficient (Wildman–Crippen LogP) is 5.62. The van der Waals surface area contributed by atoms with Crippen molar-refractivity contribution in [3.63, 3.8) is 0 Å². The Kier molecular flexibility index (Phi) is 5.95. The molecule has 0 atom stereocenters. The maximum absolute atomic E-state index is 13.3. The highest BCUT2D eigenvalue weighted by Crippen LogP contribution is 2.33. The van der Waals surface area contributed by atoms with Gasteiger partial charge in [0.15, 0.2) is 5.65 Å². The molecule has 0 spiro atoms. The van der Waals surface area contributed by atoms with E-state index in [0.717, 1.165) is 16.5 Å². The Morgan fingerprint density at radius 3 is 2.26 bits per heavy atom. The average Bonchev–Trinajstić information content (AvgIpc) is 3.14. The molecule has 7 nitrogen and oxygen atoms in total. The molecule has 176 valence electrons. The summed E-state index contributed by atoms with van der Waals surface area (Å²) in [6.07, 6.45) is 1.17. The van der Waals surface area contributed by atoms with E-state index >= 15 is 0 Å². The molecule has 0 fully saturated rings. The number of pyridine rings is 1. The number of aromatic nitrogens is 2. The minimum Gasteiger partial charge on any atom is -0.443 e. The highest BCUT2D eigenvalue weighted by Gasteiger charge is 2.24. The molecule has 0 N–H and O–H groups in total. The molecule has 2 aromatic heterocycles. The molecule has 1 amide bonds. The summed E-state index contributed by atoms with van der Waals surface area (Å²) in [5.41, 5.74) is 2.76. The van der Waals surface area contributed by atoms with E-state index in [-0.39, 0.29) is 4.90 Å². The van der Waals surface area contributed by atoms with Crippen LogP contribution in [0, 0.1) is 6.92 Å². The third-order valence-electron chi connectivity index (χ3n) is 5.35. The second-order valence-electron chi connectivity index (χ2n) is 9.05. The van der Waals surface area contributed by atoms with Gasteiger partial charge in [0, 0.05) is 30.0 Å². The summed E-state index contributed by atoms with van der Waals surface area (Å²) in [6.45, 7) is 7.22. The van der Waals surface area contributed by atoms with E-state index in [1.807, 2.05) is 57.2 Å². The molecular weight excluding hydrogens is 450 g/mol. The van der Waals surface area contributed by atoms with Crippen molar-refractivity contribution >= 4 is 32.8 Å². The van der Waals surface area contributed by atoms with Crippen LogP contribution < -0.4 is 4.90 Å². The van der Waals surface area contributed by atoms with Crippen LogP contribution in [0.4, 0.5) is 10.5 Å². The van der Waals surface area contributed by atoms with E-state index in [2.05, 4.69) is 4.98 Å². The highest BCUT2D eigenvalue weighted by molar-refractivity contribution is 7.90. The summed E-state index contributed by atoms with van der Waals surface area (Å²) < 4.78 is 33.4. The fourth-order valence-corrected chi connectivity index (χ4v) is 5.27. The number of nitrogens with zero attached hydrogens (tertiary/aromatic N) is 3. The Balaban J connectivity index is 1.73. The second-order valence-corrected chi connectivity index (χ2v) is 10.8. The summed E-state index contributed by atoms with van der Waals surface area (Å²) in [6, 6.07) is 19.4. The lowest BCUT2D eigenvalue weighted by Gasteiger charge is -2.24. The van der Waals surface area contributed by atoms with Crippen LogP contribution in [0.1, 0.15) is 26.5 Å². The SMILES string of the molecule is Cc1cc2c(-c3ccc(N(C)C(=O)OC(C)(C)C)cc3)ccnc2n1S(=O)(=O)c1ccccc1. The summed E-state index contributed by atoms with van der Waals surface area (Å²) in [5, 5.41) is 0.729. The topological polar surface area (TPSA) is 81.5 Å². The largest absolute Gasteiger partial charge is 0.443 e. The van der Waals surface area contributed by atoms with Crippen molar-refractivity contribution in [3.05, 3.63) is 78.6 Å². The van der Waals surface area contributed by atoms with Gasteiger partial charge < -0.3 is 4.74 Å². The fraction of sp³-hybridized carbons (Fsp3) is 0.231. The number of carbonyl (C=O) groups excluding carboxylic acids is 1. The molecule has 4 rings (SSSR count). The van der Waals surface area contributed by atoms with Crippen molar-refractivity contribution in [1.82, 2.24) is 8.96 Å². The van der Waals surface area contributed by atoms with Gasteiger partial charge in [-0.25, -0.2) is 22.2 Å². The lowest BCUT2D eigenvalue weighted by atomic mass is 10.0. The van der Waals surface area contributed by atoms with Gasteiger partial charge in [-0.05, 0) is 75.2 Å². The molecule has 0 aliphatic rings. The first-order chi connectivity index (χ1) is 16.0. The van der Waals surface area contributed by atoms with E-state index in [1.54, 1.807) is 50.5 Å². The predicted molar refractivity (Wildman–Crippen MR) is 134 cm³/mol. The monoisotopic (exact) mass is 477 g/mol. The van der Waals surface area contributed by atoms with E-state index < -0.39 is 21.7 Å². The van der Waals surface area contributed by atoms with Gasteiger partial charge in [0.2, 0.25) is 0 Å². The molecule has 4 aromatic rings. The van der Waals surface area contributed by atoms with Crippen LogP contribution in [-0.4, -0.2) is 36.1 Å². The Morgan fingerprint density at radius 2 is 1.65 bits per heavy atom. The summed E-state index contributed by atoms with van der Waals surface area (Å²) in [4.78, 5) is 18.4. The van der Waals surface area contributed by atoms with Gasteiger partial charge in [-0.3, -0.25) is 4.90 Å². The Bertz CT molecular complexity index is 1450. The van der Waals surface area contributed by atoms with Gasteiger partial charge in [-0.15, -0.1) is 0 Å². The zero-order valence-electron chi connectivity index (χ0n) is 19.8. The molecular formula is C26H27N3O4S. The Morgan fingerprint density at radius 1 is 1.00 bits per heavy atom. The minimum absolute atomic E-state index is 0.206. The van der Waals surface area contributed by atoms with Gasteiger partial charge in [-0.1, -0.05) is 30.3 Å². The van der Waals surface area contributed by atoms with Crippen molar-refractivity contribution in [2.75, 3.05) is 11.9 Å². The van der Waals surface area contributed by atoms with Crippen LogP contribution in [-0.2, 0) is 14.8 Å². The van der Waals surface area contributed by atoms with Gasteiger partial charge in [0.05, 0.1) is 4.90 Å². The zero-order chi connectivity index (χ0) is 24.7. The molecule has 2 aromatic carbocycles. The van der Waals surface area contributed by atoms with Gasteiger partial charge >= 0.3 is 6.09 Å². The molecule has 2 heterocycles. The van der Waals surface area contributed by atoms with Crippen LogP contribution >= 0.6 is 0 Å². The van der Waals surface area contributed by atoms with Crippen molar-refractivity contribution in [3.8, 4) is 11.1 Å². The van der Waals surface area contributed by atoms with Gasteiger partial charge in [-0.2, -0.15) is 0 Å². The maximum Gasteiger partial charge on any atom is 0.414 e. The first-order valence-electron chi connectivity index (χ1n) is 10.8. The van der Waals surface area contributed by atoms with Gasteiger partial charge in [0.1, 0.15) is 5.60 Å². The van der Waals surface area contributed by atoms with E-state index in [0.29, 0.717) is 17.0 Å². The number of ether oxygens (including phenoxy) is 1. The number of benzene rings is 2. The Labute approximate surface area is 199 Å². The quantitative estimate of drug-likeness (QED) is 0.381. The summed E-state index contributed by atoms with van der Waals surface area (Å²) >= 11 is 0. The lowest BCUT2D eigenvalue weighted by molar-refractivity contribution is 0.0589. The molecule has 8 heteroatoms. The third-order valence-corrected chi connectivity index (χ3v) is 7.16. The Hall–Kier alpha value is -3.65. The van der Waals surface area contributed by atoms with E-state index in [9.17, 15) is 13.2 Å². The number of aryl methyl sites for hydroxylation is 1. The molecule has 34 heavy (non-hydrogen) atoms. The minimum atomic E-state index is -3.80. The average molecular weight is 478 g/mol. The molecule has 0 bridgehead atoms. The molecule has 0 unspecified atom stereocenters. The molecule has 0 aliphatic heterocycles.